The van der Waals surface area contributed by atoms with E-state index in [9.17, 15) is 8.42 Å². The molecule has 0 spiro atoms. The summed E-state index contributed by atoms with van der Waals surface area (Å²) in [4.78, 5) is 0.379. The van der Waals surface area contributed by atoms with Gasteiger partial charge in [-0.1, -0.05) is 73.7 Å². The topological polar surface area (TPSA) is 34.1 Å². The molecular formula is C20H18O2S. The minimum atomic E-state index is -3.14. The summed E-state index contributed by atoms with van der Waals surface area (Å²) < 4.78 is 23.7. The molecular weight excluding hydrogens is 304 g/mol. The first kappa shape index (κ1) is 15.5. The fraction of sp³-hybridized carbons (Fsp3) is 0.100. The Morgan fingerprint density at radius 3 is 1.43 bits per heavy atom. The predicted octanol–water partition coefficient (Wildman–Crippen LogP) is 4.81. The van der Waals surface area contributed by atoms with Crippen LogP contribution < -0.4 is 0 Å². The fourth-order valence-electron chi connectivity index (χ4n) is 2.51. The van der Waals surface area contributed by atoms with Crippen LogP contribution in [0, 0.1) is 0 Å². The molecule has 0 heterocycles. The van der Waals surface area contributed by atoms with E-state index < -0.39 is 9.84 Å². The monoisotopic (exact) mass is 322 g/mol. The molecule has 0 aliphatic carbocycles. The highest BCUT2D eigenvalue weighted by molar-refractivity contribution is 7.91. The van der Waals surface area contributed by atoms with Gasteiger partial charge >= 0.3 is 0 Å². The molecule has 0 amide bonds. The lowest BCUT2D eigenvalue weighted by atomic mass is 10.0. The minimum absolute atomic E-state index is 0.123. The number of benzene rings is 3. The van der Waals surface area contributed by atoms with Crippen LogP contribution >= 0.6 is 0 Å². The second-order valence-electron chi connectivity index (χ2n) is 5.37. The molecule has 3 heteroatoms. The van der Waals surface area contributed by atoms with Gasteiger partial charge in [0.2, 0.25) is 0 Å². The second kappa shape index (κ2) is 6.39. The van der Waals surface area contributed by atoms with Gasteiger partial charge in [-0.15, -0.1) is 0 Å². The van der Waals surface area contributed by atoms with Crippen LogP contribution in [0.15, 0.2) is 83.8 Å². The Bertz CT molecular complexity index is 879. The third-order valence-corrected chi connectivity index (χ3v) is 5.67. The van der Waals surface area contributed by atoms with Gasteiger partial charge in [-0.2, -0.15) is 0 Å². The van der Waals surface area contributed by atoms with Gasteiger partial charge in [-0.25, -0.2) is 8.42 Å². The summed E-state index contributed by atoms with van der Waals surface area (Å²) in [5, 5.41) is 0. The Morgan fingerprint density at radius 2 is 1.00 bits per heavy atom. The summed E-state index contributed by atoms with van der Waals surface area (Å²) in [6.07, 6.45) is 0. The van der Waals surface area contributed by atoms with E-state index in [0.29, 0.717) is 4.90 Å². The first-order valence-corrected chi connectivity index (χ1v) is 9.24. The first-order valence-electron chi connectivity index (χ1n) is 7.59. The number of rotatable bonds is 4. The van der Waals surface area contributed by atoms with Crippen molar-refractivity contribution >= 4 is 9.84 Å². The minimum Gasteiger partial charge on any atom is -0.224 e. The quantitative estimate of drug-likeness (QED) is 0.690. The van der Waals surface area contributed by atoms with Crippen LogP contribution in [0.3, 0.4) is 0 Å². The molecule has 2 nitrogen and oxygen atoms in total. The maximum absolute atomic E-state index is 11.9. The van der Waals surface area contributed by atoms with E-state index >= 15 is 0 Å². The van der Waals surface area contributed by atoms with Crippen molar-refractivity contribution in [3.05, 3.63) is 78.9 Å². The molecule has 0 aliphatic heterocycles. The van der Waals surface area contributed by atoms with E-state index in [1.807, 2.05) is 30.3 Å². The maximum Gasteiger partial charge on any atom is 0.178 e. The van der Waals surface area contributed by atoms with Crippen molar-refractivity contribution in [2.24, 2.45) is 0 Å². The first-order chi connectivity index (χ1) is 11.1. The Labute approximate surface area is 137 Å². The molecule has 3 aromatic carbocycles. The molecule has 0 bridgehead atoms. The Morgan fingerprint density at radius 1 is 0.609 bits per heavy atom. The molecule has 23 heavy (non-hydrogen) atoms. The Hall–Kier alpha value is -2.39. The van der Waals surface area contributed by atoms with Crippen molar-refractivity contribution < 1.29 is 8.42 Å². The summed E-state index contributed by atoms with van der Waals surface area (Å²) in [5.41, 5.74) is 4.44. The summed E-state index contributed by atoms with van der Waals surface area (Å²) >= 11 is 0. The lowest BCUT2D eigenvalue weighted by Gasteiger charge is -2.06. The van der Waals surface area contributed by atoms with Crippen LogP contribution in [0.2, 0.25) is 0 Å². The summed E-state index contributed by atoms with van der Waals surface area (Å²) in [6, 6.07) is 25.6. The van der Waals surface area contributed by atoms with Crippen LogP contribution in [-0.4, -0.2) is 14.2 Å². The van der Waals surface area contributed by atoms with Gasteiger partial charge in [0.25, 0.3) is 0 Å². The highest BCUT2D eigenvalue weighted by Gasteiger charge is 2.11. The van der Waals surface area contributed by atoms with Crippen molar-refractivity contribution in [3.8, 4) is 22.3 Å². The third-order valence-electron chi connectivity index (χ3n) is 3.92. The summed E-state index contributed by atoms with van der Waals surface area (Å²) in [6.45, 7) is 1.66. The van der Waals surface area contributed by atoms with Crippen LogP contribution in [0.25, 0.3) is 22.3 Å². The van der Waals surface area contributed by atoms with E-state index in [2.05, 4.69) is 36.4 Å². The van der Waals surface area contributed by atoms with Crippen LogP contribution in [0.5, 0.6) is 0 Å². The van der Waals surface area contributed by atoms with Crippen molar-refractivity contribution in [1.29, 1.82) is 0 Å². The van der Waals surface area contributed by atoms with E-state index in [0.717, 1.165) is 11.1 Å². The number of hydrogen-bond acceptors (Lipinski definition) is 2. The average Bonchev–Trinajstić information content (AvgIpc) is 2.63. The molecule has 0 radical (unpaired) electrons. The summed E-state index contributed by atoms with van der Waals surface area (Å²) in [7, 11) is -3.14. The molecule has 0 unspecified atom stereocenters. The van der Waals surface area contributed by atoms with Gasteiger partial charge < -0.3 is 0 Å². The average molecular weight is 322 g/mol. The lowest BCUT2D eigenvalue weighted by molar-refractivity contribution is 0.597. The molecule has 0 aliphatic rings. The zero-order valence-electron chi connectivity index (χ0n) is 12.9. The van der Waals surface area contributed by atoms with E-state index in [-0.39, 0.29) is 5.75 Å². The van der Waals surface area contributed by atoms with E-state index in [1.165, 1.54) is 11.1 Å². The SMILES string of the molecule is CCS(=O)(=O)c1ccc(-c2ccc(-c3ccccc3)cc2)cc1. The van der Waals surface area contributed by atoms with Crippen LogP contribution in [-0.2, 0) is 9.84 Å². The molecule has 0 saturated heterocycles. The molecule has 0 aromatic heterocycles. The zero-order chi connectivity index (χ0) is 16.3. The largest absolute Gasteiger partial charge is 0.224 e. The normalized spacial score (nSPS) is 11.3. The lowest BCUT2D eigenvalue weighted by Crippen LogP contribution is -2.03. The maximum atomic E-state index is 11.9. The van der Waals surface area contributed by atoms with Crippen LogP contribution in [0.1, 0.15) is 6.92 Å². The van der Waals surface area contributed by atoms with Crippen molar-refractivity contribution in [3.63, 3.8) is 0 Å². The van der Waals surface area contributed by atoms with Crippen molar-refractivity contribution in [1.82, 2.24) is 0 Å². The van der Waals surface area contributed by atoms with Crippen molar-refractivity contribution in [2.45, 2.75) is 11.8 Å². The van der Waals surface area contributed by atoms with Crippen molar-refractivity contribution in [2.75, 3.05) is 5.75 Å². The van der Waals surface area contributed by atoms with Crippen LogP contribution in [0.4, 0.5) is 0 Å². The highest BCUT2D eigenvalue weighted by Crippen LogP contribution is 2.25. The highest BCUT2D eigenvalue weighted by atomic mass is 32.2. The molecule has 3 aromatic rings. The number of sulfone groups is 1. The molecule has 116 valence electrons. The van der Waals surface area contributed by atoms with Gasteiger partial charge in [0.1, 0.15) is 0 Å². The zero-order valence-corrected chi connectivity index (χ0v) is 13.8. The molecule has 0 fully saturated rings. The standard InChI is InChI=1S/C20H18O2S/c1-2-23(21,22)20-14-12-19(13-15-20)18-10-8-17(9-11-18)16-6-4-3-5-7-16/h3-15H,2H2,1H3. The predicted molar refractivity (Wildman–Crippen MR) is 95.0 cm³/mol. The van der Waals surface area contributed by atoms with Gasteiger partial charge in [0.05, 0.1) is 10.6 Å². The Kier molecular flexibility index (Phi) is 4.30. The summed E-state index contributed by atoms with van der Waals surface area (Å²) in [5.74, 6) is 0.123. The fourth-order valence-corrected chi connectivity index (χ4v) is 3.39. The van der Waals surface area contributed by atoms with E-state index in [1.54, 1.807) is 19.1 Å². The molecule has 3 rings (SSSR count). The molecule has 0 atom stereocenters. The van der Waals surface area contributed by atoms with Gasteiger partial charge in [-0.05, 0) is 34.4 Å². The smallest absolute Gasteiger partial charge is 0.178 e. The van der Waals surface area contributed by atoms with Gasteiger partial charge in [0, 0.05) is 0 Å². The van der Waals surface area contributed by atoms with Gasteiger partial charge in [0.15, 0.2) is 9.84 Å². The number of hydrogen-bond donors (Lipinski definition) is 0. The van der Waals surface area contributed by atoms with Gasteiger partial charge in [-0.3, -0.25) is 0 Å². The molecule has 0 N–H and O–H groups in total. The third kappa shape index (κ3) is 3.35. The molecule has 0 saturated carbocycles. The Balaban J connectivity index is 1.88. The second-order valence-corrected chi connectivity index (χ2v) is 7.65. The van der Waals surface area contributed by atoms with E-state index in [4.69, 9.17) is 0 Å².